The quantitative estimate of drug-likeness (QED) is 0.0197. The fraction of sp³-hybridized carbons (Fsp3) is 0.861. The SMILES string of the molecule is CCCC/C=C\CCCCCCCC(=O)O[C@H](CO/C=C\CCCCCCCCCCCCCC)COP(=O)(O)OC[C@@H](O)CO. The summed E-state index contributed by atoms with van der Waals surface area (Å²) in [5.41, 5.74) is 0. The minimum absolute atomic E-state index is 0.0360. The molecule has 0 aliphatic rings. The number of rotatable bonds is 35. The van der Waals surface area contributed by atoms with E-state index in [0.29, 0.717) is 6.42 Å². The molecule has 272 valence electrons. The van der Waals surface area contributed by atoms with Gasteiger partial charge in [0.1, 0.15) is 12.7 Å². The zero-order chi connectivity index (χ0) is 34.0. The van der Waals surface area contributed by atoms with Crippen LogP contribution in [-0.2, 0) is 27.9 Å². The molecule has 0 fully saturated rings. The number of unbranched alkanes of at least 4 members (excludes halogenated alkanes) is 19. The Morgan fingerprint density at radius 2 is 1.13 bits per heavy atom. The van der Waals surface area contributed by atoms with Crippen molar-refractivity contribution in [1.82, 2.24) is 0 Å². The first-order valence-corrected chi connectivity index (χ1v) is 19.9. The topological polar surface area (TPSA) is 132 Å². The minimum atomic E-state index is -4.52. The predicted octanol–water partition coefficient (Wildman–Crippen LogP) is 9.48. The smallest absolute Gasteiger partial charge is 0.472 e. The van der Waals surface area contributed by atoms with Crippen LogP contribution in [0, 0.1) is 0 Å². The molecule has 0 saturated carbocycles. The Kier molecular flexibility index (Phi) is 32.8. The van der Waals surface area contributed by atoms with E-state index in [-0.39, 0.29) is 13.0 Å². The first-order valence-electron chi connectivity index (χ1n) is 18.4. The van der Waals surface area contributed by atoms with Gasteiger partial charge in [-0.2, -0.15) is 0 Å². The third-order valence-electron chi connectivity index (χ3n) is 7.70. The number of hydrogen-bond donors (Lipinski definition) is 3. The van der Waals surface area contributed by atoms with Gasteiger partial charge >= 0.3 is 13.8 Å². The van der Waals surface area contributed by atoms with Crippen LogP contribution in [-0.4, -0.2) is 59.7 Å². The molecule has 0 aromatic rings. The molecule has 46 heavy (non-hydrogen) atoms. The van der Waals surface area contributed by atoms with Crippen LogP contribution in [0.1, 0.15) is 162 Å². The first-order chi connectivity index (χ1) is 22.3. The Bertz CT molecular complexity index is 775. The largest absolute Gasteiger partial charge is 0.498 e. The fourth-order valence-corrected chi connectivity index (χ4v) is 5.62. The van der Waals surface area contributed by atoms with Crippen molar-refractivity contribution < 1.29 is 43.0 Å². The summed E-state index contributed by atoms with van der Waals surface area (Å²) in [6, 6.07) is 0. The van der Waals surface area contributed by atoms with E-state index in [2.05, 4.69) is 26.0 Å². The van der Waals surface area contributed by atoms with Crippen LogP contribution < -0.4 is 0 Å². The monoisotopic (exact) mass is 676 g/mol. The highest BCUT2D eigenvalue weighted by atomic mass is 31.2. The molecule has 0 heterocycles. The Morgan fingerprint density at radius 3 is 1.70 bits per heavy atom. The second kappa shape index (κ2) is 33.7. The first kappa shape index (κ1) is 44.8. The predicted molar refractivity (Wildman–Crippen MR) is 186 cm³/mol. The van der Waals surface area contributed by atoms with E-state index in [1.807, 2.05) is 6.08 Å². The molecule has 0 aliphatic carbocycles. The molecule has 0 aromatic heterocycles. The molecule has 0 radical (unpaired) electrons. The van der Waals surface area contributed by atoms with Crippen LogP contribution in [0.3, 0.4) is 0 Å². The van der Waals surface area contributed by atoms with Crippen LogP contribution in [0.4, 0.5) is 0 Å². The summed E-state index contributed by atoms with van der Waals surface area (Å²) in [6.07, 6.45) is 32.2. The van der Waals surface area contributed by atoms with Crippen molar-refractivity contribution >= 4 is 13.8 Å². The number of aliphatic hydroxyl groups is 2. The highest BCUT2D eigenvalue weighted by Gasteiger charge is 2.26. The van der Waals surface area contributed by atoms with Gasteiger partial charge in [-0.05, 0) is 44.6 Å². The van der Waals surface area contributed by atoms with E-state index in [9.17, 15) is 19.4 Å². The van der Waals surface area contributed by atoms with Crippen LogP contribution in [0.5, 0.6) is 0 Å². The van der Waals surface area contributed by atoms with E-state index in [1.54, 1.807) is 6.26 Å². The average molecular weight is 677 g/mol. The normalized spacial score (nSPS) is 14.5. The molecule has 0 saturated heterocycles. The van der Waals surface area contributed by atoms with E-state index >= 15 is 0 Å². The van der Waals surface area contributed by atoms with Gasteiger partial charge in [-0.25, -0.2) is 4.57 Å². The summed E-state index contributed by atoms with van der Waals surface area (Å²) >= 11 is 0. The highest BCUT2D eigenvalue weighted by Crippen LogP contribution is 2.43. The maximum Gasteiger partial charge on any atom is 0.472 e. The standard InChI is InChI=1S/C36H69O9P/c1-3-5-7-9-11-13-15-16-17-19-21-23-25-27-29-42-32-35(33-44-46(40,41)43-31-34(38)30-37)45-36(39)28-26-24-22-20-18-14-12-10-8-6-4-2/h10,12,27,29,34-35,37-38H,3-9,11,13-26,28,30-33H2,1-2H3,(H,40,41)/b12-10-,29-27-/t34-,35+/m0/s1. The number of aliphatic hydroxyl groups excluding tert-OH is 2. The number of carbonyl (C=O) groups excluding carboxylic acids is 1. The maximum atomic E-state index is 12.5. The number of phosphoric ester groups is 1. The van der Waals surface area contributed by atoms with Crippen molar-refractivity contribution in [3.63, 3.8) is 0 Å². The Balaban J connectivity index is 4.31. The molecule has 0 bridgehead atoms. The lowest BCUT2D eigenvalue weighted by molar-refractivity contribution is -0.153. The molecule has 3 N–H and O–H groups in total. The molecule has 10 heteroatoms. The van der Waals surface area contributed by atoms with Gasteiger partial charge in [0, 0.05) is 6.42 Å². The lowest BCUT2D eigenvalue weighted by atomic mass is 10.0. The number of carbonyl (C=O) groups is 1. The molecule has 1 unspecified atom stereocenters. The highest BCUT2D eigenvalue weighted by molar-refractivity contribution is 7.47. The van der Waals surface area contributed by atoms with Crippen molar-refractivity contribution in [2.45, 2.75) is 174 Å². The van der Waals surface area contributed by atoms with Gasteiger partial charge in [0.2, 0.25) is 0 Å². The van der Waals surface area contributed by atoms with E-state index < -0.39 is 45.8 Å². The van der Waals surface area contributed by atoms with Crippen molar-refractivity contribution in [3.05, 3.63) is 24.5 Å². The van der Waals surface area contributed by atoms with E-state index in [4.69, 9.17) is 23.6 Å². The molecular formula is C36H69O9P. The third-order valence-corrected chi connectivity index (χ3v) is 8.65. The summed E-state index contributed by atoms with van der Waals surface area (Å²) in [4.78, 5) is 22.4. The Hall–Kier alpha value is -1.22. The van der Waals surface area contributed by atoms with E-state index in [1.165, 1.54) is 83.5 Å². The van der Waals surface area contributed by atoms with Crippen LogP contribution >= 0.6 is 7.82 Å². The van der Waals surface area contributed by atoms with Crippen molar-refractivity contribution in [1.29, 1.82) is 0 Å². The van der Waals surface area contributed by atoms with Gasteiger partial charge in [-0.3, -0.25) is 13.8 Å². The van der Waals surface area contributed by atoms with Crippen LogP contribution in [0.25, 0.3) is 0 Å². The summed E-state index contributed by atoms with van der Waals surface area (Å²) in [7, 11) is -4.52. The zero-order valence-electron chi connectivity index (χ0n) is 29.3. The number of ether oxygens (including phenoxy) is 2. The molecule has 0 amide bonds. The van der Waals surface area contributed by atoms with Crippen molar-refractivity contribution in [2.75, 3.05) is 26.4 Å². The number of hydrogen-bond acceptors (Lipinski definition) is 8. The number of allylic oxidation sites excluding steroid dienone is 3. The third kappa shape index (κ3) is 32.7. The number of esters is 1. The van der Waals surface area contributed by atoms with Gasteiger partial charge in [0.05, 0.1) is 26.1 Å². The minimum Gasteiger partial charge on any atom is -0.498 e. The Morgan fingerprint density at radius 1 is 0.652 bits per heavy atom. The lowest BCUT2D eigenvalue weighted by Crippen LogP contribution is -2.28. The Labute approximate surface area is 281 Å². The maximum absolute atomic E-state index is 12.5. The summed E-state index contributed by atoms with van der Waals surface area (Å²) in [5.74, 6) is -0.416. The molecule has 0 spiro atoms. The van der Waals surface area contributed by atoms with Crippen molar-refractivity contribution in [2.24, 2.45) is 0 Å². The van der Waals surface area contributed by atoms with Gasteiger partial charge in [0.15, 0.2) is 6.10 Å². The lowest BCUT2D eigenvalue weighted by Gasteiger charge is -2.20. The van der Waals surface area contributed by atoms with Crippen molar-refractivity contribution in [3.8, 4) is 0 Å². The van der Waals surface area contributed by atoms with Gasteiger partial charge in [-0.1, -0.05) is 129 Å². The molecular weight excluding hydrogens is 607 g/mol. The molecule has 3 atom stereocenters. The molecule has 0 rings (SSSR count). The van der Waals surface area contributed by atoms with Crippen LogP contribution in [0.2, 0.25) is 0 Å². The van der Waals surface area contributed by atoms with Gasteiger partial charge < -0.3 is 24.6 Å². The molecule has 0 aromatic carbocycles. The summed E-state index contributed by atoms with van der Waals surface area (Å²) in [5, 5.41) is 18.2. The van der Waals surface area contributed by atoms with E-state index in [0.717, 1.165) is 51.4 Å². The zero-order valence-corrected chi connectivity index (χ0v) is 30.2. The van der Waals surface area contributed by atoms with Gasteiger partial charge in [-0.15, -0.1) is 0 Å². The van der Waals surface area contributed by atoms with Gasteiger partial charge in [0.25, 0.3) is 0 Å². The van der Waals surface area contributed by atoms with Crippen LogP contribution in [0.15, 0.2) is 24.5 Å². The number of phosphoric acid groups is 1. The molecule has 9 nitrogen and oxygen atoms in total. The fourth-order valence-electron chi connectivity index (χ4n) is 4.83. The average Bonchev–Trinajstić information content (AvgIpc) is 3.04. The second-order valence-electron chi connectivity index (χ2n) is 12.3. The summed E-state index contributed by atoms with van der Waals surface area (Å²) in [6.45, 7) is 2.82. The summed E-state index contributed by atoms with van der Waals surface area (Å²) < 4.78 is 32.9. The second-order valence-corrected chi connectivity index (χ2v) is 13.8. The molecule has 0 aliphatic heterocycles.